The zero-order chi connectivity index (χ0) is 19.1. The maximum Gasteiger partial charge on any atom is 0.262 e. The van der Waals surface area contributed by atoms with Gasteiger partial charge in [0.2, 0.25) is 11.8 Å². The van der Waals surface area contributed by atoms with Gasteiger partial charge in [-0.3, -0.25) is 29.4 Å². The maximum absolute atomic E-state index is 12.8. The Labute approximate surface area is 156 Å². The summed E-state index contributed by atoms with van der Waals surface area (Å²) in [6.07, 6.45) is 2.02. The van der Waals surface area contributed by atoms with Gasteiger partial charge in [0.15, 0.2) is 0 Å². The number of fused-ring (bicyclic) bond motifs is 1. The van der Waals surface area contributed by atoms with E-state index in [-0.39, 0.29) is 25.4 Å². The third kappa shape index (κ3) is 2.99. The van der Waals surface area contributed by atoms with E-state index in [2.05, 4.69) is 10.2 Å². The molecule has 1 atom stereocenters. The van der Waals surface area contributed by atoms with Crippen molar-refractivity contribution in [3.8, 4) is 0 Å². The van der Waals surface area contributed by atoms with Crippen LogP contribution >= 0.6 is 0 Å². The van der Waals surface area contributed by atoms with Crippen LogP contribution < -0.4 is 10.2 Å². The Hall–Kier alpha value is -2.74. The van der Waals surface area contributed by atoms with Crippen LogP contribution in [-0.4, -0.2) is 59.4 Å². The van der Waals surface area contributed by atoms with E-state index >= 15 is 0 Å². The molecule has 0 aliphatic carbocycles. The van der Waals surface area contributed by atoms with Crippen LogP contribution in [0.25, 0.3) is 0 Å². The Balaban J connectivity index is 1.51. The fourth-order valence-corrected chi connectivity index (χ4v) is 4.00. The minimum absolute atomic E-state index is 0.109. The zero-order valence-corrected chi connectivity index (χ0v) is 14.8. The molecule has 3 aliphatic heterocycles. The highest BCUT2D eigenvalue weighted by Crippen LogP contribution is 2.33. The number of piperidine rings is 1. The smallest absolute Gasteiger partial charge is 0.262 e. The minimum atomic E-state index is -0.939. The number of aliphatic hydroxyl groups is 1. The van der Waals surface area contributed by atoms with E-state index in [1.807, 2.05) is 6.07 Å². The normalized spacial score (nSPS) is 22.8. The lowest BCUT2D eigenvalue weighted by Gasteiger charge is -2.41. The lowest BCUT2D eigenvalue weighted by atomic mass is 9.93. The van der Waals surface area contributed by atoms with E-state index in [1.165, 1.54) is 0 Å². The van der Waals surface area contributed by atoms with Crippen molar-refractivity contribution >= 4 is 29.3 Å². The number of hydrogen-bond donors (Lipinski definition) is 2. The number of benzene rings is 1. The number of imide groups is 2. The quantitative estimate of drug-likeness (QED) is 0.721. The Kier molecular flexibility index (Phi) is 4.43. The fraction of sp³-hybridized carbons (Fsp3) is 0.474. The van der Waals surface area contributed by atoms with Crippen molar-refractivity contribution in [3.05, 3.63) is 29.3 Å². The molecular weight excluding hydrogens is 350 g/mol. The van der Waals surface area contributed by atoms with Crippen molar-refractivity contribution in [3.63, 3.8) is 0 Å². The summed E-state index contributed by atoms with van der Waals surface area (Å²) in [7, 11) is 0. The summed E-state index contributed by atoms with van der Waals surface area (Å²) < 4.78 is 0. The average Bonchev–Trinajstić information content (AvgIpc) is 2.85. The van der Waals surface area contributed by atoms with Gasteiger partial charge >= 0.3 is 0 Å². The number of hydrogen-bond acceptors (Lipinski definition) is 6. The monoisotopic (exact) mass is 371 g/mol. The molecule has 1 unspecified atom stereocenters. The maximum atomic E-state index is 12.8. The number of carbonyl (C=O) groups is 4. The third-order valence-corrected chi connectivity index (χ3v) is 5.52. The van der Waals surface area contributed by atoms with Crippen LogP contribution in [0.1, 0.15) is 46.4 Å². The molecule has 0 spiro atoms. The molecule has 0 saturated carbocycles. The first-order valence-electron chi connectivity index (χ1n) is 9.21. The number of rotatable bonds is 5. The van der Waals surface area contributed by atoms with Crippen molar-refractivity contribution < 1.29 is 24.3 Å². The number of anilines is 1. The largest absolute Gasteiger partial charge is 0.396 e. The molecule has 4 amide bonds. The van der Waals surface area contributed by atoms with Gasteiger partial charge in [-0.25, -0.2) is 0 Å². The van der Waals surface area contributed by atoms with Crippen LogP contribution in [0.2, 0.25) is 0 Å². The Morgan fingerprint density at radius 1 is 1.07 bits per heavy atom. The Morgan fingerprint density at radius 3 is 2.52 bits per heavy atom. The Morgan fingerprint density at radius 2 is 1.81 bits per heavy atom. The van der Waals surface area contributed by atoms with Gasteiger partial charge in [-0.2, -0.15) is 0 Å². The second-order valence-electron chi connectivity index (χ2n) is 7.31. The van der Waals surface area contributed by atoms with Crippen molar-refractivity contribution in [1.29, 1.82) is 0 Å². The molecule has 2 N–H and O–H groups in total. The number of amides is 4. The molecule has 0 aromatic heterocycles. The van der Waals surface area contributed by atoms with Crippen LogP contribution in [0.4, 0.5) is 5.69 Å². The number of nitrogens with zero attached hydrogens (tertiary/aromatic N) is 2. The molecule has 0 radical (unpaired) electrons. The average molecular weight is 371 g/mol. The Bertz CT molecular complexity index is 831. The zero-order valence-electron chi connectivity index (χ0n) is 14.8. The van der Waals surface area contributed by atoms with Gasteiger partial charge in [0.1, 0.15) is 6.04 Å². The summed E-state index contributed by atoms with van der Waals surface area (Å²) in [4.78, 5) is 52.0. The molecule has 3 aliphatic rings. The molecule has 1 aromatic rings. The first kappa shape index (κ1) is 17.7. The van der Waals surface area contributed by atoms with Crippen molar-refractivity contribution in [2.45, 2.75) is 31.7 Å². The van der Waals surface area contributed by atoms with E-state index in [0.29, 0.717) is 17.0 Å². The molecule has 27 heavy (non-hydrogen) atoms. The second kappa shape index (κ2) is 6.77. The molecule has 3 heterocycles. The number of nitrogens with one attached hydrogen (secondary N) is 1. The van der Waals surface area contributed by atoms with E-state index in [0.717, 1.165) is 36.5 Å². The summed E-state index contributed by atoms with van der Waals surface area (Å²) in [6, 6.07) is 4.23. The first-order chi connectivity index (χ1) is 13.0. The van der Waals surface area contributed by atoms with Crippen molar-refractivity contribution in [2.75, 3.05) is 24.6 Å². The molecular formula is C19H21N3O5. The van der Waals surface area contributed by atoms with Gasteiger partial charge in [0.25, 0.3) is 11.8 Å². The standard InChI is InChI=1S/C19H21N3O5/c23-7-1-2-11-9-21(10-11)12-3-4-13-14(8-12)19(27)22(18(13)26)15-5-6-16(24)20-17(15)25/h3-4,8,11,15,23H,1-2,5-7,9-10H2,(H,20,24,25). The molecule has 0 bridgehead atoms. The van der Waals surface area contributed by atoms with Crippen LogP contribution in [0.5, 0.6) is 0 Å². The summed E-state index contributed by atoms with van der Waals surface area (Å²) in [5.74, 6) is -1.42. The molecule has 2 saturated heterocycles. The van der Waals surface area contributed by atoms with E-state index in [1.54, 1.807) is 12.1 Å². The summed E-state index contributed by atoms with van der Waals surface area (Å²) >= 11 is 0. The van der Waals surface area contributed by atoms with Crippen LogP contribution in [-0.2, 0) is 9.59 Å². The molecule has 142 valence electrons. The predicted molar refractivity (Wildman–Crippen MR) is 95.1 cm³/mol. The molecule has 1 aromatic carbocycles. The molecule has 8 heteroatoms. The summed E-state index contributed by atoms with van der Waals surface area (Å²) in [6.45, 7) is 1.91. The van der Waals surface area contributed by atoms with Gasteiger partial charge in [-0.15, -0.1) is 0 Å². The summed E-state index contributed by atoms with van der Waals surface area (Å²) in [5, 5.41) is 11.1. The first-order valence-corrected chi connectivity index (χ1v) is 9.21. The lowest BCUT2D eigenvalue weighted by Crippen LogP contribution is -2.54. The van der Waals surface area contributed by atoms with Gasteiger partial charge in [-0.05, 0) is 43.4 Å². The number of carbonyl (C=O) groups excluding carboxylic acids is 4. The van der Waals surface area contributed by atoms with Crippen molar-refractivity contribution in [2.24, 2.45) is 5.92 Å². The van der Waals surface area contributed by atoms with Gasteiger partial charge in [0, 0.05) is 31.8 Å². The molecule has 2 fully saturated rings. The highest BCUT2D eigenvalue weighted by molar-refractivity contribution is 6.23. The van der Waals surface area contributed by atoms with Crippen LogP contribution in [0.15, 0.2) is 18.2 Å². The van der Waals surface area contributed by atoms with Gasteiger partial charge < -0.3 is 10.0 Å². The van der Waals surface area contributed by atoms with E-state index in [9.17, 15) is 19.2 Å². The predicted octanol–water partition coefficient (Wildman–Crippen LogP) is 0.296. The second-order valence-corrected chi connectivity index (χ2v) is 7.31. The van der Waals surface area contributed by atoms with Crippen LogP contribution in [0, 0.1) is 5.92 Å². The van der Waals surface area contributed by atoms with E-state index in [4.69, 9.17) is 5.11 Å². The molecule has 8 nitrogen and oxygen atoms in total. The van der Waals surface area contributed by atoms with Crippen molar-refractivity contribution in [1.82, 2.24) is 10.2 Å². The van der Waals surface area contributed by atoms with Gasteiger partial charge in [-0.1, -0.05) is 0 Å². The SMILES string of the molecule is O=C1CCC(N2C(=O)c3ccc(N4CC(CCCO)C4)cc3C2=O)C(=O)N1. The minimum Gasteiger partial charge on any atom is -0.396 e. The topological polar surface area (TPSA) is 107 Å². The molecule has 4 rings (SSSR count). The highest BCUT2D eigenvalue weighted by atomic mass is 16.3. The highest BCUT2D eigenvalue weighted by Gasteiger charge is 2.44. The lowest BCUT2D eigenvalue weighted by molar-refractivity contribution is -0.136. The summed E-state index contributed by atoms with van der Waals surface area (Å²) in [5.41, 5.74) is 1.48. The van der Waals surface area contributed by atoms with Gasteiger partial charge in [0.05, 0.1) is 11.1 Å². The van der Waals surface area contributed by atoms with Crippen LogP contribution in [0.3, 0.4) is 0 Å². The van der Waals surface area contributed by atoms with E-state index < -0.39 is 23.8 Å². The number of aliphatic hydroxyl groups excluding tert-OH is 1. The third-order valence-electron chi connectivity index (χ3n) is 5.52. The fourth-order valence-electron chi connectivity index (χ4n) is 4.00.